The van der Waals surface area contributed by atoms with Crippen LogP contribution in [0.15, 0.2) is 10.5 Å². The average Bonchev–Trinajstić information content (AvgIpc) is 2.13. The lowest BCUT2D eigenvalue weighted by Crippen LogP contribution is -2.00. The summed E-state index contributed by atoms with van der Waals surface area (Å²) < 4.78 is 18.1. The maximum atomic E-state index is 13.3. The summed E-state index contributed by atoms with van der Waals surface area (Å²) in [5, 5.41) is 9.21. The van der Waals surface area contributed by atoms with Crippen LogP contribution in [0.1, 0.15) is 17.3 Å². The minimum atomic E-state index is -0.938. The number of halogens is 2. The highest BCUT2D eigenvalue weighted by Gasteiger charge is 2.19. The Labute approximate surface area is 88.6 Å². The Morgan fingerprint density at radius 2 is 2.21 bits per heavy atom. The Morgan fingerprint density at radius 3 is 2.64 bits per heavy atom. The molecule has 0 radical (unpaired) electrons. The van der Waals surface area contributed by atoms with E-state index in [1.807, 2.05) is 0 Å². The zero-order valence-corrected chi connectivity index (χ0v) is 9.18. The molecule has 14 heavy (non-hydrogen) atoms. The summed E-state index contributed by atoms with van der Waals surface area (Å²) in [6.07, 6.45) is 0. The van der Waals surface area contributed by atoms with E-state index < -0.39 is 11.6 Å². The molecule has 0 atom stereocenters. The third kappa shape index (κ3) is 1.72. The van der Waals surface area contributed by atoms with Crippen molar-refractivity contribution in [1.29, 1.82) is 0 Å². The number of aromatic hydroxyl groups is 1. The van der Waals surface area contributed by atoms with Crippen LogP contribution in [-0.4, -0.2) is 18.0 Å². The lowest BCUT2D eigenvalue weighted by atomic mass is 10.1. The number of methoxy groups -OCH3 is 1. The van der Waals surface area contributed by atoms with Gasteiger partial charge >= 0.3 is 0 Å². The SMILES string of the molecule is COc1c(C(C)=O)cc(Br)c(O)c1F. The molecular weight excluding hydrogens is 255 g/mol. The van der Waals surface area contributed by atoms with E-state index in [-0.39, 0.29) is 21.6 Å². The van der Waals surface area contributed by atoms with Crippen molar-refractivity contribution in [2.45, 2.75) is 6.92 Å². The van der Waals surface area contributed by atoms with Crippen LogP contribution in [0.4, 0.5) is 4.39 Å². The van der Waals surface area contributed by atoms with E-state index in [4.69, 9.17) is 4.74 Å². The van der Waals surface area contributed by atoms with Gasteiger partial charge in [-0.2, -0.15) is 4.39 Å². The molecule has 0 saturated heterocycles. The van der Waals surface area contributed by atoms with Gasteiger partial charge in [0.2, 0.25) is 5.82 Å². The number of Topliss-reactive ketones (excluding diaryl/α,β-unsaturated/α-hetero) is 1. The number of phenols is 1. The first-order valence-corrected chi connectivity index (χ1v) is 4.54. The van der Waals surface area contributed by atoms with Gasteiger partial charge < -0.3 is 9.84 Å². The molecule has 0 saturated carbocycles. The maximum absolute atomic E-state index is 13.3. The Hall–Kier alpha value is -1.10. The van der Waals surface area contributed by atoms with Gasteiger partial charge in [0, 0.05) is 0 Å². The number of carbonyl (C=O) groups is 1. The van der Waals surface area contributed by atoms with E-state index in [1.165, 1.54) is 20.1 Å². The minimum Gasteiger partial charge on any atom is -0.504 e. The van der Waals surface area contributed by atoms with Crippen molar-refractivity contribution in [3.8, 4) is 11.5 Å². The molecule has 0 aliphatic heterocycles. The van der Waals surface area contributed by atoms with Crippen LogP contribution >= 0.6 is 15.9 Å². The standard InChI is InChI=1S/C9H8BrFO3/c1-4(12)5-3-6(10)8(13)7(11)9(5)14-2/h3,13H,1-2H3. The van der Waals surface area contributed by atoms with Gasteiger partial charge in [-0.1, -0.05) is 0 Å². The fraction of sp³-hybridized carbons (Fsp3) is 0.222. The molecule has 0 fully saturated rings. The van der Waals surface area contributed by atoms with Crippen LogP contribution in [-0.2, 0) is 0 Å². The van der Waals surface area contributed by atoms with Crippen LogP contribution in [0.25, 0.3) is 0 Å². The van der Waals surface area contributed by atoms with Gasteiger partial charge in [0.1, 0.15) is 0 Å². The van der Waals surface area contributed by atoms with Crippen molar-refractivity contribution in [3.63, 3.8) is 0 Å². The number of rotatable bonds is 2. The number of benzene rings is 1. The molecule has 0 spiro atoms. The molecular formula is C9H8BrFO3. The molecule has 0 aliphatic carbocycles. The lowest BCUT2D eigenvalue weighted by Gasteiger charge is -2.09. The Kier molecular flexibility index (Phi) is 3.10. The Bertz CT molecular complexity index is 390. The van der Waals surface area contributed by atoms with E-state index in [9.17, 15) is 14.3 Å². The van der Waals surface area contributed by atoms with Crippen molar-refractivity contribution in [2.75, 3.05) is 7.11 Å². The monoisotopic (exact) mass is 262 g/mol. The summed E-state index contributed by atoms with van der Waals surface area (Å²) in [5.74, 6) is -2.07. The van der Waals surface area contributed by atoms with Crippen molar-refractivity contribution in [2.24, 2.45) is 0 Å². The summed E-state index contributed by atoms with van der Waals surface area (Å²) in [7, 11) is 1.23. The fourth-order valence-corrected chi connectivity index (χ4v) is 1.46. The van der Waals surface area contributed by atoms with Crippen LogP contribution in [0, 0.1) is 5.82 Å². The third-order valence-corrected chi connectivity index (χ3v) is 2.34. The van der Waals surface area contributed by atoms with Crippen molar-refractivity contribution in [3.05, 3.63) is 21.9 Å². The topological polar surface area (TPSA) is 46.5 Å². The van der Waals surface area contributed by atoms with E-state index in [1.54, 1.807) is 0 Å². The van der Waals surface area contributed by atoms with Crippen LogP contribution in [0.5, 0.6) is 11.5 Å². The van der Waals surface area contributed by atoms with Crippen LogP contribution in [0.3, 0.4) is 0 Å². The Morgan fingerprint density at radius 1 is 1.64 bits per heavy atom. The Balaban J connectivity index is 3.51. The molecule has 0 bridgehead atoms. The molecule has 1 rings (SSSR count). The van der Waals surface area contributed by atoms with Crippen molar-refractivity contribution in [1.82, 2.24) is 0 Å². The zero-order chi connectivity index (χ0) is 10.9. The summed E-state index contributed by atoms with van der Waals surface area (Å²) in [5.41, 5.74) is 0.0923. The van der Waals surface area contributed by atoms with Gasteiger partial charge in [-0.15, -0.1) is 0 Å². The van der Waals surface area contributed by atoms with Crippen LogP contribution in [0.2, 0.25) is 0 Å². The molecule has 1 aromatic carbocycles. The molecule has 0 unspecified atom stereocenters. The predicted octanol–water partition coefficient (Wildman–Crippen LogP) is 2.51. The number of carbonyl (C=O) groups excluding carboxylic acids is 1. The lowest BCUT2D eigenvalue weighted by molar-refractivity contribution is 0.101. The maximum Gasteiger partial charge on any atom is 0.208 e. The van der Waals surface area contributed by atoms with E-state index in [0.29, 0.717) is 0 Å². The van der Waals surface area contributed by atoms with Gasteiger partial charge in [-0.05, 0) is 28.9 Å². The van der Waals surface area contributed by atoms with E-state index in [0.717, 1.165) is 0 Å². The molecule has 0 amide bonds. The fourth-order valence-electron chi connectivity index (χ4n) is 1.05. The van der Waals surface area contributed by atoms with Crippen molar-refractivity contribution >= 4 is 21.7 Å². The second-order valence-corrected chi connectivity index (χ2v) is 3.51. The normalized spacial score (nSPS) is 10.0. The smallest absolute Gasteiger partial charge is 0.208 e. The number of ether oxygens (including phenoxy) is 1. The molecule has 1 aromatic rings. The molecule has 1 N–H and O–H groups in total. The largest absolute Gasteiger partial charge is 0.504 e. The number of hydrogen-bond acceptors (Lipinski definition) is 3. The van der Waals surface area contributed by atoms with Crippen molar-refractivity contribution < 1.29 is 19.0 Å². The summed E-state index contributed by atoms with van der Waals surface area (Å²) in [6, 6.07) is 1.32. The first kappa shape index (κ1) is 11.0. The second kappa shape index (κ2) is 3.96. The molecule has 0 aromatic heterocycles. The van der Waals surface area contributed by atoms with E-state index >= 15 is 0 Å². The third-order valence-electron chi connectivity index (χ3n) is 1.73. The van der Waals surface area contributed by atoms with Gasteiger partial charge in [0.15, 0.2) is 17.3 Å². The molecule has 3 nitrogen and oxygen atoms in total. The van der Waals surface area contributed by atoms with Gasteiger partial charge in [-0.3, -0.25) is 4.79 Å². The second-order valence-electron chi connectivity index (χ2n) is 2.66. The number of hydrogen-bond donors (Lipinski definition) is 1. The molecule has 5 heteroatoms. The highest BCUT2D eigenvalue weighted by Crippen LogP contribution is 2.36. The van der Waals surface area contributed by atoms with E-state index in [2.05, 4.69) is 15.9 Å². The summed E-state index contributed by atoms with van der Waals surface area (Å²) >= 11 is 2.93. The van der Waals surface area contributed by atoms with Crippen LogP contribution < -0.4 is 4.74 Å². The quantitative estimate of drug-likeness (QED) is 0.834. The minimum absolute atomic E-state index is 0.0923. The summed E-state index contributed by atoms with van der Waals surface area (Å²) in [4.78, 5) is 11.1. The first-order chi connectivity index (χ1) is 6.49. The highest BCUT2D eigenvalue weighted by molar-refractivity contribution is 9.10. The molecule has 0 heterocycles. The predicted molar refractivity (Wildman–Crippen MR) is 52.3 cm³/mol. The first-order valence-electron chi connectivity index (χ1n) is 3.75. The number of phenolic OH excluding ortho intramolecular Hbond substituents is 1. The average molecular weight is 263 g/mol. The molecule has 76 valence electrons. The van der Waals surface area contributed by atoms with Gasteiger partial charge in [0.25, 0.3) is 0 Å². The number of ketones is 1. The van der Waals surface area contributed by atoms with Gasteiger partial charge in [0.05, 0.1) is 17.1 Å². The zero-order valence-electron chi connectivity index (χ0n) is 7.60. The van der Waals surface area contributed by atoms with Gasteiger partial charge in [-0.25, -0.2) is 0 Å². The summed E-state index contributed by atoms with van der Waals surface area (Å²) in [6.45, 7) is 1.29. The molecule has 0 aliphatic rings. The highest BCUT2D eigenvalue weighted by atomic mass is 79.9.